The van der Waals surface area contributed by atoms with Crippen molar-refractivity contribution in [1.82, 2.24) is 9.97 Å². The maximum Gasteiger partial charge on any atom is 0.323 e. The molecule has 2 rings (SSSR count). The van der Waals surface area contributed by atoms with Gasteiger partial charge in [-0.2, -0.15) is 10.2 Å². The molecular weight excluding hydrogens is 347 g/mol. The van der Waals surface area contributed by atoms with Gasteiger partial charge in [0.2, 0.25) is 5.75 Å². The van der Waals surface area contributed by atoms with E-state index in [1.807, 2.05) is 0 Å². The highest BCUT2D eigenvalue weighted by Crippen LogP contribution is 2.34. The summed E-state index contributed by atoms with van der Waals surface area (Å²) in [6, 6.07) is 4.78. The van der Waals surface area contributed by atoms with Crippen molar-refractivity contribution in [3.05, 3.63) is 50.0 Å². The first-order valence-corrected chi connectivity index (χ1v) is 6.27. The van der Waals surface area contributed by atoms with Crippen LogP contribution in [0.25, 0.3) is 0 Å². The topological polar surface area (TPSA) is 102 Å². The molecule has 0 saturated heterocycles. The summed E-state index contributed by atoms with van der Waals surface area (Å²) in [7, 11) is 0. The molecule has 0 atom stereocenters. The molecule has 21 heavy (non-hydrogen) atoms. The number of hydrogen-bond acceptors (Lipinski definition) is 6. The summed E-state index contributed by atoms with van der Waals surface area (Å²) < 4.78 is 18.6. The van der Waals surface area contributed by atoms with Crippen LogP contribution in [0.1, 0.15) is 11.4 Å². The molecule has 1 heterocycles. The highest BCUT2D eigenvalue weighted by Gasteiger charge is 2.20. The lowest BCUT2D eigenvalue weighted by Gasteiger charge is -2.06. The number of nitrogens with zero attached hydrogens (tertiary/aromatic N) is 4. The zero-order chi connectivity index (χ0) is 15.6. The lowest BCUT2D eigenvalue weighted by atomic mass is 10.3. The lowest BCUT2D eigenvalue weighted by molar-refractivity contribution is -0.385. The summed E-state index contributed by atoms with van der Waals surface area (Å²) in [5.41, 5.74) is 0.0291. The molecule has 1 aromatic heterocycles. The Morgan fingerprint density at radius 3 is 2.76 bits per heavy atom. The van der Waals surface area contributed by atoms with E-state index in [-0.39, 0.29) is 21.9 Å². The summed E-state index contributed by atoms with van der Waals surface area (Å²) in [6.07, 6.45) is 0. The summed E-state index contributed by atoms with van der Waals surface area (Å²) in [6.45, 7) is 1.60. The highest BCUT2D eigenvalue weighted by molar-refractivity contribution is 9.10. The molecular formula is C12H6BrFN4O3. The van der Waals surface area contributed by atoms with Gasteiger partial charge in [-0.05, 0) is 28.9 Å². The monoisotopic (exact) mass is 352 g/mol. The molecule has 1 aromatic carbocycles. The average Bonchev–Trinajstić information content (AvgIpc) is 2.41. The van der Waals surface area contributed by atoms with Crippen LogP contribution >= 0.6 is 15.9 Å². The fourth-order valence-corrected chi connectivity index (χ4v) is 1.82. The van der Waals surface area contributed by atoms with Crippen molar-refractivity contribution in [3.8, 4) is 17.8 Å². The second-order valence-corrected chi connectivity index (χ2v) is 4.74. The number of rotatable bonds is 3. The number of hydrogen-bond donors (Lipinski definition) is 0. The van der Waals surface area contributed by atoms with Gasteiger partial charge in [0, 0.05) is 17.8 Å². The van der Waals surface area contributed by atoms with E-state index in [0.29, 0.717) is 5.69 Å². The first-order chi connectivity index (χ1) is 9.90. The van der Waals surface area contributed by atoms with Gasteiger partial charge in [-0.15, -0.1) is 0 Å². The Morgan fingerprint density at radius 2 is 2.14 bits per heavy atom. The van der Waals surface area contributed by atoms with Gasteiger partial charge in [-0.3, -0.25) is 10.1 Å². The summed E-state index contributed by atoms with van der Waals surface area (Å²) in [4.78, 5) is 17.9. The third-order valence-electron chi connectivity index (χ3n) is 2.35. The number of aromatic nitrogens is 2. The van der Waals surface area contributed by atoms with Crippen LogP contribution in [0.3, 0.4) is 0 Å². The van der Waals surface area contributed by atoms with Crippen LogP contribution in [0.15, 0.2) is 22.7 Å². The number of nitriles is 1. The second-order valence-electron chi connectivity index (χ2n) is 3.88. The molecule has 0 aliphatic heterocycles. The minimum Gasteiger partial charge on any atom is -0.417 e. The Labute approximate surface area is 126 Å². The normalized spacial score (nSPS) is 10.0. The van der Waals surface area contributed by atoms with Gasteiger partial charge < -0.3 is 4.74 Å². The summed E-state index contributed by atoms with van der Waals surface area (Å²) >= 11 is 2.86. The zero-order valence-corrected chi connectivity index (χ0v) is 12.1. The number of benzene rings is 1. The zero-order valence-electron chi connectivity index (χ0n) is 10.5. The molecule has 0 radical (unpaired) electrons. The molecule has 2 aromatic rings. The smallest absolute Gasteiger partial charge is 0.323 e. The van der Waals surface area contributed by atoms with Crippen molar-refractivity contribution in [3.63, 3.8) is 0 Å². The molecule has 106 valence electrons. The van der Waals surface area contributed by atoms with Gasteiger partial charge in [0.15, 0.2) is 0 Å². The summed E-state index contributed by atoms with van der Waals surface area (Å²) in [5.74, 6) is -1.08. The molecule has 0 saturated carbocycles. The molecule has 0 amide bonds. The Balaban J connectivity index is 2.49. The van der Waals surface area contributed by atoms with Crippen LogP contribution < -0.4 is 4.74 Å². The van der Waals surface area contributed by atoms with E-state index in [1.165, 1.54) is 6.07 Å². The van der Waals surface area contributed by atoms with Gasteiger partial charge in [0.05, 0.1) is 9.40 Å². The predicted octanol–water partition coefficient (Wildman–Crippen LogP) is 3.26. The molecule has 9 heteroatoms. The highest BCUT2D eigenvalue weighted by atomic mass is 79.9. The number of nitro groups is 1. The van der Waals surface area contributed by atoms with E-state index in [1.54, 1.807) is 13.0 Å². The quantitative estimate of drug-likeness (QED) is 0.620. The minimum atomic E-state index is -0.733. The maximum absolute atomic E-state index is 13.5. The Kier molecular flexibility index (Phi) is 4.09. The number of ether oxygens (including phenoxy) is 1. The van der Waals surface area contributed by atoms with E-state index in [4.69, 9.17) is 10.00 Å². The van der Waals surface area contributed by atoms with Crippen molar-refractivity contribution in [2.24, 2.45) is 0 Å². The van der Waals surface area contributed by atoms with Gasteiger partial charge in [0.1, 0.15) is 17.6 Å². The Morgan fingerprint density at radius 1 is 1.43 bits per heavy atom. The molecule has 0 unspecified atom stereocenters. The fourth-order valence-electron chi connectivity index (χ4n) is 1.49. The van der Waals surface area contributed by atoms with Crippen LogP contribution in [-0.4, -0.2) is 14.9 Å². The largest absolute Gasteiger partial charge is 0.417 e. The number of aryl methyl sites for hydroxylation is 1. The fraction of sp³-hybridized carbons (Fsp3) is 0.0833. The minimum absolute atomic E-state index is 0.0396. The van der Waals surface area contributed by atoms with Gasteiger partial charge in [-0.1, -0.05) is 0 Å². The van der Waals surface area contributed by atoms with Crippen LogP contribution in [0.5, 0.6) is 11.8 Å². The Hall–Kier alpha value is -2.60. The first kappa shape index (κ1) is 14.8. The van der Waals surface area contributed by atoms with Crippen molar-refractivity contribution in [1.29, 1.82) is 5.26 Å². The molecule has 0 N–H and O–H groups in total. The van der Waals surface area contributed by atoms with Crippen molar-refractivity contribution < 1.29 is 14.1 Å². The number of nitro benzene ring substituents is 1. The maximum atomic E-state index is 13.5. The van der Waals surface area contributed by atoms with E-state index < -0.39 is 16.4 Å². The second kappa shape index (κ2) is 5.80. The average molecular weight is 353 g/mol. The third-order valence-corrected chi connectivity index (χ3v) is 2.96. The predicted molar refractivity (Wildman–Crippen MR) is 72.3 cm³/mol. The first-order valence-electron chi connectivity index (χ1n) is 5.48. The van der Waals surface area contributed by atoms with E-state index >= 15 is 0 Å². The van der Waals surface area contributed by atoms with E-state index in [0.717, 1.165) is 12.1 Å². The van der Waals surface area contributed by atoms with Gasteiger partial charge in [-0.25, -0.2) is 9.37 Å². The molecule has 0 bridgehead atoms. The van der Waals surface area contributed by atoms with Gasteiger partial charge >= 0.3 is 11.7 Å². The number of halogens is 2. The molecule has 0 aliphatic rings. The van der Waals surface area contributed by atoms with Crippen LogP contribution in [0.2, 0.25) is 0 Å². The molecule has 0 fully saturated rings. The Bertz CT molecular complexity index is 776. The van der Waals surface area contributed by atoms with Crippen LogP contribution in [0.4, 0.5) is 10.1 Å². The SMILES string of the molecule is Cc1cc(C#N)nc(Oc2cc(F)c(Br)cc2[N+](=O)[O-])n1. The molecule has 0 aliphatic carbocycles. The third kappa shape index (κ3) is 3.29. The summed E-state index contributed by atoms with van der Waals surface area (Å²) in [5, 5.41) is 19.8. The molecule has 7 nitrogen and oxygen atoms in total. The standard InChI is InChI=1S/C12H6BrFN4O3/c1-6-2-7(5-15)17-12(16-6)21-11-4-9(14)8(13)3-10(11)18(19)20/h2-4H,1H3. The van der Waals surface area contributed by atoms with Crippen molar-refractivity contribution in [2.45, 2.75) is 6.92 Å². The van der Waals surface area contributed by atoms with Crippen molar-refractivity contribution >= 4 is 21.6 Å². The van der Waals surface area contributed by atoms with E-state index in [9.17, 15) is 14.5 Å². The van der Waals surface area contributed by atoms with Crippen LogP contribution in [0, 0.1) is 34.2 Å². The van der Waals surface area contributed by atoms with E-state index in [2.05, 4.69) is 25.9 Å². The lowest BCUT2D eigenvalue weighted by Crippen LogP contribution is -2.00. The van der Waals surface area contributed by atoms with Crippen LogP contribution in [-0.2, 0) is 0 Å². The van der Waals surface area contributed by atoms with Gasteiger partial charge in [0.25, 0.3) is 0 Å². The van der Waals surface area contributed by atoms with Crippen molar-refractivity contribution in [2.75, 3.05) is 0 Å². The molecule has 0 spiro atoms.